The highest BCUT2D eigenvalue weighted by Gasteiger charge is 2.08. The molecule has 1 heterocycles. The zero-order valence-electron chi connectivity index (χ0n) is 10.9. The minimum Gasteiger partial charge on any atom is -0.497 e. The van der Waals surface area contributed by atoms with Crippen LogP contribution in [0, 0.1) is 0 Å². The summed E-state index contributed by atoms with van der Waals surface area (Å²) in [5.41, 5.74) is 1.63. The summed E-state index contributed by atoms with van der Waals surface area (Å²) < 4.78 is 6.70. The number of aldehydes is 1. The Morgan fingerprint density at radius 3 is 2.37 bits per heavy atom. The van der Waals surface area contributed by atoms with E-state index in [1.165, 1.54) is 0 Å². The third-order valence-corrected chi connectivity index (χ3v) is 3.03. The van der Waals surface area contributed by atoms with Gasteiger partial charge in [-0.25, -0.2) is 0 Å². The van der Waals surface area contributed by atoms with E-state index in [1.54, 1.807) is 23.8 Å². The van der Waals surface area contributed by atoms with Crippen molar-refractivity contribution in [2.24, 2.45) is 0 Å². The lowest BCUT2D eigenvalue weighted by molar-refractivity contribution is 0.112. The first-order valence-electron chi connectivity index (χ1n) is 6.04. The molecule has 4 heteroatoms. The van der Waals surface area contributed by atoms with Crippen LogP contribution in [0.4, 0.5) is 0 Å². The molecular formula is C15H15NO3. The van der Waals surface area contributed by atoms with Crippen LogP contribution in [0.15, 0.2) is 41.2 Å². The first kappa shape index (κ1) is 13.1. The van der Waals surface area contributed by atoms with E-state index in [1.807, 2.05) is 31.2 Å². The molecule has 4 nitrogen and oxygen atoms in total. The van der Waals surface area contributed by atoms with Gasteiger partial charge in [-0.3, -0.25) is 9.59 Å². The minimum absolute atomic E-state index is 0.180. The van der Waals surface area contributed by atoms with Crippen LogP contribution in [-0.4, -0.2) is 18.0 Å². The van der Waals surface area contributed by atoms with Gasteiger partial charge in [0.15, 0.2) is 6.29 Å². The smallest absolute Gasteiger partial charge is 0.261 e. The van der Waals surface area contributed by atoms with E-state index in [0.717, 1.165) is 17.0 Å². The van der Waals surface area contributed by atoms with Crippen LogP contribution in [0.25, 0.3) is 11.3 Å². The zero-order chi connectivity index (χ0) is 13.8. The normalized spacial score (nSPS) is 10.2. The second kappa shape index (κ2) is 5.52. The average Bonchev–Trinajstić information content (AvgIpc) is 2.47. The van der Waals surface area contributed by atoms with Gasteiger partial charge in [0, 0.05) is 6.54 Å². The van der Waals surface area contributed by atoms with Crippen LogP contribution in [-0.2, 0) is 6.54 Å². The number of hydrogen-bond donors (Lipinski definition) is 0. The van der Waals surface area contributed by atoms with Crippen LogP contribution in [0.2, 0.25) is 0 Å². The fourth-order valence-electron chi connectivity index (χ4n) is 2.01. The maximum absolute atomic E-state index is 12.1. The fraction of sp³-hybridized carbons (Fsp3) is 0.200. The molecule has 0 atom stereocenters. The number of aromatic nitrogens is 1. The van der Waals surface area contributed by atoms with Gasteiger partial charge in [0.25, 0.3) is 5.56 Å². The molecule has 0 N–H and O–H groups in total. The Balaban J connectivity index is 2.58. The second-order valence-electron chi connectivity index (χ2n) is 4.07. The number of ether oxygens (including phenoxy) is 1. The standard InChI is InChI=1S/C15H15NO3/c1-3-16-14(9-6-12(10-17)15(16)18)11-4-7-13(19-2)8-5-11/h4-10H,3H2,1-2H3. The van der Waals surface area contributed by atoms with Crippen molar-refractivity contribution in [3.63, 3.8) is 0 Å². The van der Waals surface area contributed by atoms with E-state index in [-0.39, 0.29) is 11.1 Å². The van der Waals surface area contributed by atoms with E-state index >= 15 is 0 Å². The van der Waals surface area contributed by atoms with Gasteiger partial charge >= 0.3 is 0 Å². The number of methoxy groups -OCH3 is 1. The molecule has 0 radical (unpaired) electrons. The number of pyridine rings is 1. The molecule has 2 rings (SSSR count). The third-order valence-electron chi connectivity index (χ3n) is 3.03. The Morgan fingerprint density at radius 1 is 1.16 bits per heavy atom. The summed E-state index contributed by atoms with van der Waals surface area (Å²) in [5, 5.41) is 0. The van der Waals surface area contributed by atoms with Gasteiger partial charge in [0.2, 0.25) is 0 Å². The Hall–Kier alpha value is -2.36. The van der Waals surface area contributed by atoms with Crippen molar-refractivity contribution in [3.8, 4) is 17.0 Å². The predicted molar refractivity (Wildman–Crippen MR) is 73.8 cm³/mol. The molecule has 1 aromatic carbocycles. The zero-order valence-corrected chi connectivity index (χ0v) is 10.9. The first-order valence-corrected chi connectivity index (χ1v) is 6.04. The van der Waals surface area contributed by atoms with E-state index in [9.17, 15) is 9.59 Å². The molecule has 0 aliphatic carbocycles. The van der Waals surface area contributed by atoms with Crippen LogP contribution in [0.1, 0.15) is 17.3 Å². The van der Waals surface area contributed by atoms with E-state index < -0.39 is 0 Å². The van der Waals surface area contributed by atoms with Gasteiger partial charge in [-0.2, -0.15) is 0 Å². The summed E-state index contributed by atoms with van der Waals surface area (Å²) in [6.45, 7) is 2.39. The molecule has 0 fully saturated rings. The molecule has 0 saturated heterocycles. The van der Waals surface area contributed by atoms with Crippen molar-refractivity contribution in [2.75, 3.05) is 7.11 Å². The van der Waals surface area contributed by atoms with E-state index in [2.05, 4.69) is 0 Å². The highest BCUT2D eigenvalue weighted by atomic mass is 16.5. The van der Waals surface area contributed by atoms with Gasteiger partial charge < -0.3 is 9.30 Å². The molecule has 0 bridgehead atoms. The number of benzene rings is 1. The van der Waals surface area contributed by atoms with Gasteiger partial charge in [0.1, 0.15) is 5.75 Å². The maximum atomic E-state index is 12.1. The summed E-state index contributed by atoms with van der Waals surface area (Å²) in [5.74, 6) is 0.763. The Labute approximate surface area is 111 Å². The fourth-order valence-corrected chi connectivity index (χ4v) is 2.01. The van der Waals surface area contributed by atoms with Crippen molar-refractivity contribution in [1.82, 2.24) is 4.57 Å². The summed E-state index contributed by atoms with van der Waals surface area (Å²) in [6, 6.07) is 10.8. The van der Waals surface area contributed by atoms with Crippen LogP contribution in [0.5, 0.6) is 5.75 Å². The Morgan fingerprint density at radius 2 is 1.84 bits per heavy atom. The predicted octanol–water partition coefficient (Wildman–Crippen LogP) is 2.36. The summed E-state index contributed by atoms with van der Waals surface area (Å²) in [4.78, 5) is 22.9. The summed E-state index contributed by atoms with van der Waals surface area (Å²) in [6.07, 6.45) is 0.590. The SMILES string of the molecule is CCn1c(-c2ccc(OC)cc2)ccc(C=O)c1=O. The highest BCUT2D eigenvalue weighted by molar-refractivity contribution is 5.75. The molecule has 0 saturated carbocycles. The Bertz CT molecular complexity index is 641. The lowest BCUT2D eigenvalue weighted by atomic mass is 10.1. The molecule has 19 heavy (non-hydrogen) atoms. The van der Waals surface area contributed by atoms with Crippen LogP contribution < -0.4 is 10.3 Å². The Kier molecular flexibility index (Phi) is 3.80. The largest absolute Gasteiger partial charge is 0.497 e. The molecule has 0 unspecified atom stereocenters. The van der Waals surface area contributed by atoms with Crippen molar-refractivity contribution in [2.45, 2.75) is 13.5 Å². The maximum Gasteiger partial charge on any atom is 0.261 e. The number of hydrogen-bond acceptors (Lipinski definition) is 3. The molecule has 0 aliphatic heterocycles. The van der Waals surface area contributed by atoms with Gasteiger partial charge in [-0.15, -0.1) is 0 Å². The van der Waals surface area contributed by atoms with E-state index in [0.29, 0.717) is 12.8 Å². The van der Waals surface area contributed by atoms with Crippen molar-refractivity contribution >= 4 is 6.29 Å². The second-order valence-corrected chi connectivity index (χ2v) is 4.07. The molecule has 0 amide bonds. The number of carbonyl (C=O) groups is 1. The van der Waals surface area contributed by atoms with Crippen molar-refractivity contribution in [3.05, 3.63) is 52.3 Å². The molecule has 98 valence electrons. The molecule has 2 aromatic rings. The molecule has 0 spiro atoms. The lowest BCUT2D eigenvalue weighted by Crippen LogP contribution is -2.24. The topological polar surface area (TPSA) is 48.3 Å². The molecule has 1 aromatic heterocycles. The first-order chi connectivity index (χ1) is 9.21. The van der Waals surface area contributed by atoms with Crippen LogP contribution >= 0.6 is 0 Å². The summed E-state index contributed by atoms with van der Waals surface area (Å²) in [7, 11) is 1.61. The number of carbonyl (C=O) groups excluding carboxylic acids is 1. The minimum atomic E-state index is -0.259. The molecular weight excluding hydrogens is 242 g/mol. The third kappa shape index (κ3) is 2.42. The molecule has 0 aliphatic rings. The number of rotatable bonds is 4. The monoisotopic (exact) mass is 257 g/mol. The quantitative estimate of drug-likeness (QED) is 0.790. The van der Waals surface area contributed by atoms with Gasteiger partial charge in [0.05, 0.1) is 18.4 Å². The van der Waals surface area contributed by atoms with Crippen LogP contribution in [0.3, 0.4) is 0 Å². The van der Waals surface area contributed by atoms with Gasteiger partial charge in [-0.1, -0.05) is 0 Å². The van der Waals surface area contributed by atoms with Gasteiger partial charge in [-0.05, 0) is 48.9 Å². The summed E-state index contributed by atoms with van der Waals surface area (Å²) >= 11 is 0. The number of nitrogens with zero attached hydrogens (tertiary/aromatic N) is 1. The van der Waals surface area contributed by atoms with Crippen molar-refractivity contribution < 1.29 is 9.53 Å². The highest BCUT2D eigenvalue weighted by Crippen LogP contribution is 2.21. The van der Waals surface area contributed by atoms with E-state index in [4.69, 9.17) is 4.74 Å². The average molecular weight is 257 g/mol. The lowest BCUT2D eigenvalue weighted by Gasteiger charge is -2.12. The van der Waals surface area contributed by atoms with Crippen molar-refractivity contribution in [1.29, 1.82) is 0 Å².